The minimum Gasteiger partial charge on any atom is -0.324 e. The van der Waals surface area contributed by atoms with Crippen molar-refractivity contribution in [3.63, 3.8) is 0 Å². The second-order valence-electron chi connectivity index (χ2n) is 11.5. The zero-order valence-electron chi connectivity index (χ0n) is 28.1. The fourth-order valence-corrected chi connectivity index (χ4v) is 0.750. The molecule has 3 aliphatic rings. The lowest BCUT2D eigenvalue weighted by Gasteiger charge is -2.05. The molecule has 0 aromatic carbocycles. The van der Waals surface area contributed by atoms with E-state index in [1.807, 2.05) is 0 Å². The van der Waals surface area contributed by atoms with E-state index in [-0.39, 0.29) is 0 Å². The largest absolute Gasteiger partial charge is 0.328 e. The Morgan fingerprint density at radius 1 is 0.444 bits per heavy atom. The molecule has 3 aliphatic carbocycles. The molecule has 228 valence electrons. The predicted molar refractivity (Wildman–Crippen MR) is 172 cm³/mol. The zero-order chi connectivity index (χ0) is 29.8. The molecule has 0 bridgehead atoms. The first-order valence-electron chi connectivity index (χ1n) is 15.7. The second-order valence-corrected chi connectivity index (χ2v) is 13.7. The van der Waals surface area contributed by atoms with Crippen molar-refractivity contribution in [2.75, 3.05) is 0 Å². The number of hydrogen-bond donors (Lipinski definition) is 2. The van der Waals surface area contributed by atoms with Gasteiger partial charge in [0.25, 0.3) is 0 Å². The lowest BCUT2D eigenvalue weighted by molar-refractivity contribution is 0.363. The maximum absolute atomic E-state index is 10.0. The smallest absolute Gasteiger partial charge is 0.324 e. The van der Waals surface area contributed by atoms with Gasteiger partial charge in [0.2, 0.25) is 0 Å². The van der Waals surface area contributed by atoms with Gasteiger partial charge >= 0.3 is 7.60 Å². The van der Waals surface area contributed by atoms with Crippen LogP contribution in [0.15, 0.2) is 0 Å². The molecule has 3 rings (SSSR count). The van der Waals surface area contributed by atoms with Gasteiger partial charge in [0.15, 0.2) is 0 Å². The van der Waals surface area contributed by atoms with Crippen LogP contribution in [0.5, 0.6) is 0 Å². The summed E-state index contributed by atoms with van der Waals surface area (Å²) in [5, 5.41) is 0. The second kappa shape index (κ2) is 45.1. The van der Waals surface area contributed by atoms with E-state index in [0.717, 1.165) is 11.8 Å². The molecular formula is C32H77O3P. The quantitative estimate of drug-likeness (QED) is 0.325. The van der Waals surface area contributed by atoms with Crippen LogP contribution in [0.2, 0.25) is 0 Å². The highest BCUT2D eigenvalue weighted by molar-refractivity contribution is 7.52. The van der Waals surface area contributed by atoms with Gasteiger partial charge in [0.1, 0.15) is 0 Å². The standard InChI is InChI=1S/3C4H8.2C4H10.C3H9O3P.3C3H8/c3*1-2-4-3-1;2*1-4(2)3;1-3(2)7(4,5)6;3*1-3-2/h3*1-4H2;2*4H,1-3H3;3H,1-2H3,(H2,4,5,6);3*3H2,1-2H3. The van der Waals surface area contributed by atoms with Gasteiger partial charge in [-0.2, -0.15) is 0 Å². The highest BCUT2D eigenvalue weighted by Crippen LogP contribution is 2.39. The monoisotopic (exact) mass is 541 g/mol. The van der Waals surface area contributed by atoms with Crippen molar-refractivity contribution in [2.24, 2.45) is 11.8 Å². The molecule has 0 amide bonds. The molecule has 3 fully saturated rings. The number of hydrogen-bond acceptors (Lipinski definition) is 1. The summed E-state index contributed by atoms with van der Waals surface area (Å²) in [5.41, 5.74) is -0.535. The summed E-state index contributed by atoms with van der Waals surface area (Å²) in [7, 11) is -3.74. The first-order chi connectivity index (χ1) is 16.7. The van der Waals surface area contributed by atoms with E-state index in [4.69, 9.17) is 9.79 Å². The molecule has 0 spiro atoms. The van der Waals surface area contributed by atoms with E-state index in [2.05, 4.69) is 83.1 Å². The molecule has 36 heavy (non-hydrogen) atoms. The Labute approximate surface area is 232 Å². The average Bonchev–Trinajstić information content (AvgIpc) is 2.50. The van der Waals surface area contributed by atoms with Gasteiger partial charge in [-0.1, -0.05) is 193 Å². The SMILES string of the molecule is C1CCC1.C1CCC1.C1CCC1.CC(C)C.CC(C)C.CC(C)P(=O)(O)O.CCC.CCC.CCC. The maximum Gasteiger partial charge on any atom is 0.328 e. The van der Waals surface area contributed by atoms with Gasteiger partial charge in [-0.3, -0.25) is 4.57 Å². The molecular weight excluding hydrogens is 463 g/mol. The molecule has 0 aromatic heterocycles. The third-order valence-corrected chi connectivity index (χ3v) is 5.02. The lowest BCUT2D eigenvalue weighted by atomic mass is 10.0. The molecule has 0 unspecified atom stereocenters. The van der Waals surface area contributed by atoms with E-state index in [1.54, 1.807) is 0 Å². The fourth-order valence-electron chi connectivity index (χ4n) is 0.750. The van der Waals surface area contributed by atoms with Crippen LogP contribution in [-0.2, 0) is 4.57 Å². The summed E-state index contributed by atoms with van der Waals surface area (Å²) in [4.78, 5) is 16.4. The topological polar surface area (TPSA) is 57.5 Å². The summed E-state index contributed by atoms with van der Waals surface area (Å²) >= 11 is 0. The van der Waals surface area contributed by atoms with Crippen LogP contribution in [0.4, 0.5) is 0 Å². The summed E-state index contributed by atoms with van der Waals surface area (Å²) in [5.74, 6) is 1.67. The minimum atomic E-state index is -3.74. The van der Waals surface area contributed by atoms with Crippen LogP contribution < -0.4 is 0 Å². The van der Waals surface area contributed by atoms with E-state index in [1.165, 1.54) is 110 Å². The lowest BCUT2D eigenvalue weighted by Crippen LogP contribution is -1.93. The van der Waals surface area contributed by atoms with E-state index >= 15 is 0 Å². The molecule has 0 atom stereocenters. The molecule has 0 radical (unpaired) electrons. The predicted octanol–water partition coefficient (Wildman–Crippen LogP) is 12.8. The van der Waals surface area contributed by atoms with E-state index < -0.39 is 13.3 Å². The van der Waals surface area contributed by atoms with Gasteiger partial charge in [0, 0.05) is 0 Å². The van der Waals surface area contributed by atoms with E-state index in [9.17, 15) is 4.57 Å². The molecule has 0 saturated heterocycles. The molecule has 4 heteroatoms. The zero-order valence-corrected chi connectivity index (χ0v) is 29.0. The van der Waals surface area contributed by atoms with Gasteiger partial charge in [-0.05, 0) is 11.8 Å². The molecule has 3 nitrogen and oxygen atoms in total. The first-order valence-corrected chi connectivity index (χ1v) is 17.4. The van der Waals surface area contributed by atoms with Gasteiger partial charge in [-0.15, -0.1) is 0 Å². The Hall–Kier alpha value is 0.150. The Morgan fingerprint density at radius 2 is 0.500 bits per heavy atom. The van der Waals surface area contributed by atoms with Crippen molar-refractivity contribution in [3.8, 4) is 0 Å². The minimum absolute atomic E-state index is 0.535. The highest BCUT2D eigenvalue weighted by atomic mass is 31.2. The van der Waals surface area contributed by atoms with Crippen LogP contribution in [0.1, 0.15) is 193 Å². The third-order valence-electron chi connectivity index (χ3n) is 3.67. The normalized spacial score (nSPS) is 14.0. The average molecular weight is 541 g/mol. The fraction of sp³-hybridized carbons (Fsp3) is 1.00. The van der Waals surface area contributed by atoms with Gasteiger partial charge in [-0.25, -0.2) is 0 Å². The van der Waals surface area contributed by atoms with Crippen molar-refractivity contribution < 1.29 is 14.4 Å². The van der Waals surface area contributed by atoms with Crippen molar-refractivity contribution in [1.82, 2.24) is 0 Å². The molecule has 2 N–H and O–H groups in total. The van der Waals surface area contributed by atoms with E-state index in [0.29, 0.717) is 0 Å². The van der Waals surface area contributed by atoms with Crippen LogP contribution in [-0.4, -0.2) is 15.4 Å². The van der Waals surface area contributed by atoms with Crippen molar-refractivity contribution in [2.45, 2.75) is 199 Å². The van der Waals surface area contributed by atoms with Crippen LogP contribution in [0.25, 0.3) is 0 Å². The summed E-state index contributed by atoms with van der Waals surface area (Å²) < 4.78 is 10.0. The Kier molecular flexibility index (Phi) is 61.5. The Balaban J connectivity index is -0.0000000713. The third kappa shape index (κ3) is 114. The van der Waals surface area contributed by atoms with Gasteiger partial charge < -0.3 is 9.79 Å². The molecule has 0 aliphatic heterocycles. The first kappa shape index (κ1) is 49.1. The summed E-state index contributed by atoms with van der Waals surface area (Å²) in [6.45, 7) is 28.7. The van der Waals surface area contributed by atoms with Crippen LogP contribution in [0, 0.1) is 11.8 Å². The summed E-state index contributed by atoms with van der Waals surface area (Å²) in [6.07, 6.45) is 21.8. The number of rotatable bonds is 1. The summed E-state index contributed by atoms with van der Waals surface area (Å²) in [6, 6.07) is 0. The van der Waals surface area contributed by atoms with Crippen LogP contribution >= 0.6 is 7.60 Å². The van der Waals surface area contributed by atoms with Crippen LogP contribution in [0.3, 0.4) is 0 Å². The van der Waals surface area contributed by atoms with Crippen molar-refractivity contribution in [3.05, 3.63) is 0 Å². The Morgan fingerprint density at radius 3 is 0.500 bits per heavy atom. The Bertz CT molecular complexity index is 290. The van der Waals surface area contributed by atoms with Crippen molar-refractivity contribution >= 4 is 7.60 Å². The maximum atomic E-state index is 10.0. The molecule has 3 saturated carbocycles. The molecule has 0 heterocycles. The highest BCUT2D eigenvalue weighted by Gasteiger charge is 2.17. The molecule has 0 aromatic rings. The van der Waals surface area contributed by atoms with Gasteiger partial charge in [0.05, 0.1) is 5.66 Å². The van der Waals surface area contributed by atoms with Crippen molar-refractivity contribution in [1.29, 1.82) is 0 Å².